The molecule has 112 valence electrons. The molecular formula is C15H15BrFNO2S. The number of hydrogen-bond donors (Lipinski definition) is 1. The van der Waals surface area contributed by atoms with Crippen molar-refractivity contribution < 1.29 is 13.9 Å². The van der Waals surface area contributed by atoms with Gasteiger partial charge in [-0.25, -0.2) is 4.39 Å². The van der Waals surface area contributed by atoms with Crippen LogP contribution in [0.15, 0.2) is 39.7 Å². The van der Waals surface area contributed by atoms with Crippen LogP contribution in [0.1, 0.15) is 5.56 Å². The topological polar surface area (TPSA) is 44.5 Å². The number of halogens is 2. The molecule has 2 rings (SSSR count). The molecule has 0 aliphatic rings. The Hall–Kier alpha value is -1.40. The van der Waals surface area contributed by atoms with Gasteiger partial charge < -0.3 is 15.2 Å². The van der Waals surface area contributed by atoms with Crippen molar-refractivity contribution >= 4 is 33.4 Å². The van der Waals surface area contributed by atoms with Crippen molar-refractivity contribution in [3.05, 3.63) is 46.2 Å². The Morgan fingerprint density at radius 2 is 1.86 bits per heavy atom. The van der Waals surface area contributed by atoms with Crippen LogP contribution in [0.25, 0.3) is 0 Å². The second-order valence-electron chi connectivity index (χ2n) is 4.27. The first-order valence-electron chi connectivity index (χ1n) is 6.13. The highest BCUT2D eigenvalue weighted by atomic mass is 79.9. The molecule has 0 saturated heterocycles. The summed E-state index contributed by atoms with van der Waals surface area (Å²) in [4.78, 5) is 0.811. The van der Waals surface area contributed by atoms with E-state index < -0.39 is 5.82 Å². The van der Waals surface area contributed by atoms with Gasteiger partial charge in [-0.15, -0.1) is 11.8 Å². The molecule has 0 radical (unpaired) electrons. The molecule has 0 bridgehead atoms. The van der Waals surface area contributed by atoms with Gasteiger partial charge in [0.05, 0.1) is 24.4 Å². The molecule has 21 heavy (non-hydrogen) atoms. The number of nitrogens with two attached hydrogens (primary N) is 1. The summed E-state index contributed by atoms with van der Waals surface area (Å²) >= 11 is 4.93. The van der Waals surface area contributed by atoms with E-state index in [1.54, 1.807) is 26.4 Å². The van der Waals surface area contributed by atoms with Crippen molar-refractivity contribution in [1.82, 2.24) is 0 Å². The first-order chi connectivity index (χ1) is 10.0. The van der Waals surface area contributed by atoms with E-state index in [1.807, 2.05) is 12.1 Å². The van der Waals surface area contributed by atoms with Gasteiger partial charge in [0.25, 0.3) is 0 Å². The Labute approximate surface area is 135 Å². The molecule has 2 aromatic carbocycles. The van der Waals surface area contributed by atoms with Crippen molar-refractivity contribution in [2.75, 3.05) is 20.0 Å². The van der Waals surface area contributed by atoms with Gasteiger partial charge in [0.1, 0.15) is 17.3 Å². The van der Waals surface area contributed by atoms with Crippen LogP contribution in [0.3, 0.4) is 0 Å². The van der Waals surface area contributed by atoms with Crippen LogP contribution in [0.4, 0.5) is 10.1 Å². The highest BCUT2D eigenvalue weighted by Gasteiger charge is 2.10. The summed E-state index contributed by atoms with van der Waals surface area (Å²) in [6, 6.07) is 8.56. The van der Waals surface area contributed by atoms with E-state index in [2.05, 4.69) is 15.9 Å². The summed E-state index contributed by atoms with van der Waals surface area (Å²) in [6.45, 7) is 0. The lowest BCUT2D eigenvalue weighted by molar-refractivity contribution is 0.398. The lowest BCUT2D eigenvalue weighted by Gasteiger charge is -2.12. The summed E-state index contributed by atoms with van der Waals surface area (Å²) in [5.74, 6) is 1.72. The van der Waals surface area contributed by atoms with Crippen LogP contribution < -0.4 is 15.2 Å². The molecule has 0 fully saturated rings. The van der Waals surface area contributed by atoms with Crippen molar-refractivity contribution in [3.8, 4) is 11.5 Å². The zero-order chi connectivity index (χ0) is 15.4. The molecule has 0 amide bonds. The Bertz CT molecular complexity index is 652. The number of rotatable bonds is 5. The van der Waals surface area contributed by atoms with Gasteiger partial charge >= 0.3 is 0 Å². The Morgan fingerprint density at radius 3 is 2.48 bits per heavy atom. The number of hydrogen-bond acceptors (Lipinski definition) is 4. The number of benzene rings is 2. The fraction of sp³-hybridized carbons (Fsp3) is 0.200. The molecule has 0 aliphatic heterocycles. The lowest BCUT2D eigenvalue weighted by atomic mass is 10.2. The molecule has 0 heterocycles. The minimum atomic E-state index is -0.402. The number of anilines is 1. The van der Waals surface area contributed by atoms with Gasteiger partial charge in [-0.3, -0.25) is 0 Å². The van der Waals surface area contributed by atoms with Gasteiger partial charge in [0.2, 0.25) is 0 Å². The van der Waals surface area contributed by atoms with E-state index in [0.717, 1.165) is 26.4 Å². The monoisotopic (exact) mass is 371 g/mol. The zero-order valence-corrected chi connectivity index (χ0v) is 14.1. The molecule has 0 saturated carbocycles. The van der Waals surface area contributed by atoms with Crippen molar-refractivity contribution in [2.45, 2.75) is 10.6 Å². The SMILES string of the molecule is COc1cc(CSc2ccc(N)c(F)c2)c(OC)cc1Br. The van der Waals surface area contributed by atoms with Gasteiger partial charge in [-0.1, -0.05) is 0 Å². The van der Waals surface area contributed by atoms with E-state index in [4.69, 9.17) is 15.2 Å². The first-order valence-corrected chi connectivity index (χ1v) is 7.91. The third-order valence-corrected chi connectivity index (χ3v) is 4.58. The predicted octanol–water partition coefficient (Wildman–Crippen LogP) is 4.48. The van der Waals surface area contributed by atoms with E-state index in [1.165, 1.54) is 17.8 Å². The van der Waals surface area contributed by atoms with Crippen LogP contribution in [-0.2, 0) is 5.75 Å². The summed E-state index contributed by atoms with van der Waals surface area (Å²) < 4.78 is 24.9. The molecule has 2 aromatic rings. The molecule has 0 atom stereocenters. The largest absolute Gasteiger partial charge is 0.496 e. The highest BCUT2D eigenvalue weighted by Crippen LogP contribution is 2.36. The molecule has 0 aliphatic carbocycles. The van der Waals surface area contributed by atoms with E-state index in [-0.39, 0.29) is 5.69 Å². The first kappa shape index (κ1) is 16.0. The van der Waals surface area contributed by atoms with Crippen LogP contribution in [0.5, 0.6) is 11.5 Å². The standard InChI is InChI=1S/C15H15BrFNO2S/c1-19-14-7-11(16)15(20-2)5-9(14)8-21-10-3-4-13(18)12(17)6-10/h3-7H,8,18H2,1-2H3. The average Bonchev–Trinajstić information content (AvgIpc) is 2.48. The number of methoxy groups -OCH3 is 2. The Balaban J connectivity index is 2.20. The van der Waals surface area contributed by atoms with Gasteiger partial charge in [0.15, 0.2) is 0 Å². The summed E-state index contributed by atoms with van der Waals surface area (Å²) in [5, 5.41) is 0. The normalized spacial score (nSPS) is 10.5. The lowest BCUT2D eigenvalue weighted by Crippen LogP contribution is -1.94. The maximum atomic E-state index is 13.4. The predicted molar refractivity (Wildman–Crippen MR) is 87.6 cm³/mol. The molecule has 2 N–H and O–H groups in total. The smallest absolute Gasteiger partial charge is 0.147 e. The number of nitrogen functional groups attached to an aromatic ring is 1. The molecule has 3 nitrogen and oxygen atoms in total. The van der Waals surface area contributed by atoms with E-state index in [0.29, 0.717) is 5.75 Å². The average molecular weight is 372 g/mol. The van der Waals surface area contributed by atoms with Crippen molar-refractivity contribution in [2.24, 2.45) is 0 Å². The van der Waals surface area contributed by atoms with Crippen LogP contribution in [-0.4, -0.2) is 14.2 Å². The molecular weight excluding hydrogens is 357 g/mol. The minimum absolute atomic E-state index is 0.155. The van der Waals surface area contributed by atoms with Gasteiger partial charge in [0, 0.05) is 16.2 Å². The number of thioether (sulfide) groups is 1. The highest BCUT2D eigenvalue weighted by molar-refractivity contribution is 9.10. The summed E-state index contributed by atoms with van der Waals surface area (Å²) in [7, 11) is 3.23. The van der Waals surface area contributed by atoms with Crippen LogP contribution in [0, 0.1) is 5.82 Å². The van der Waals surface area contributed by atoms with E-state index >= 15 is 0 Å². The molecule has 0 unspecified atom stereocenters. The molecule has 0 spiro atoms. The third kappa shape index (κ3) is 3.83. The number of ether oxygens (including phenoxy) is 2. The van der Waals surface area contributed by atoms with Crippen LogP contribution in [0.2, 0.25) is 0 Å². The Morgan fingerprint density at radius 1 is 1.14 bits per heavy atom. The van der Waals surface area contributed by atoms with Gasteiger partial charge in [-0.05, 0) is 46.3 Å². The quantitative estimate of drug-likeness (QED) is 0.621. The fourth-order valence-corrected chi connectivity index (χ4v) is 3.18. The van der Waals surface area contributed by atoms with Crippen LogP contribution >= 0.6 is 27.7 Å². The molecule has 6 heteroatoms. The van der Waals surface area contributed by atoms with E-state index in [9.17, 15) is 4.39 Å². The maximum Gasteiger partial charge on any atom is 0.147 e. The minimum Gasteiger partial charge on any atom is -0.496 e. The second-order valence-corrected chi connectivity index (χ2v) is 6.17. The zero-order valence-electron chi connectivity index (χ0n) is 11.7. The summed E-state index contributed by atoms with van der Waals surface area (Å²) in [6.07, 6.45) is 0. The third-order valence-electron chi connectivity index (χ3n) is 2.92. The Kier molecular flexibility index (Phi) is 5.36. The van der Waals surface area contributed by atoms with Gasteiger partial charge in [-0.2, -0.15) is 0 Å². The second kappa shape index (κ2) is 7.04. The summed E-state index contributed by atoms with van der Waals surface area (Å²) in [5.41, 5.74) is 6.60. The molecule has 0 aromatic heterocycles. The van der Waals surface area contributed by atoms with Crippen molar-refractivity contribution in [3.63, 3.8) is 0 Å². The fourth-order valence-electron chi connectivity index (χ4n) is 1.80. The van der Waals surface area contributed by atoms with Crippen molar-refractivity contribution in [1.29, 1.82) is 0 Å². The maximum absolute atomic E-state index is 13.4.